The Kier molecular flexibility index (Phi) is 3.86. The highest BCUT2D eigenvalue weighted by atomic mass is 16.5. The highest BCUT2D eigenvalue weighted by Gasteiger charge is 2.31. The first kappa shape index (κ1) is 14.9. The predicted molar refractivity (Wildman–Crippen MR) is 81.9 cm³/mol. The SMILES string of the molecule is NC(=O)COc1ccc(C2Nc3ccccc3C(=O)N2O)cc1. The summed E-state index contributed by atoms with van der Waals surface area (Å²) in [5.41, 5.74) is 6.75. The van der Waals surface area contributed by atoms with Crippen LogP contribution in [0.2, 0.25) is 0 Å². The van der Waals surface area contributed by atoms with Crippen LogP contribution >= 0.6 is 0 Å². The number of carbonyl (C=O) groups excluding carboxylic acids is 2. The summed E-state index contributed by atoms with van der Waals surface area (Å²) >= 11 is 0. The molecule has 0 spiro atoms. The number of fused-ring (bicyclic) bond motifs is 1. The van der Waals surface area contributed by atoms with Crippen LogP contribution in [0.3, 0.4) is 0 Å². The van der Waals surface area contributed by atoms with Crippen molar-refractivity contribution in [3.05, 3.63) is 59.7 Å². The number of hydroxylamine groups is 2. The fourth-order valence-corrected chi connectivity index (χ4v) is 2.37. The van der Waals surface area contributed by atoms with Gasteiger partial charge in [-0.2, -0.15) is 5.06 Å². The summed E-state index contributed by atoms with van der Waals surface area (Å²) in [5.74, 6) is -0.565. The monoisotopic (exact) mass is 313 g/mol. The normalized spacial score (nSPS) is 16.5. The van der Waals surface area contributed by atoms with Gasteiger partial charge < -0.3 is 15.8 Å². The van der Waals surface area contributed by atoms with Gasteiger partial charge in [0, 0.05) is 5.69 Å². The second-order valence-corrected chi connectivity index (χ2v) is 5.07. The van der Waals surface area contributed by atoms with E-state index in [1.54, 1.807) is 42.5 Å². The van der Waals surface area contributed by atoms with Crippen LogP contribution < -0.4 is 15.8 Å². The minimum Gasteiger partial charge on any atom is -0.484 e. The summed E-state index contributed by atoms with van der Waals surface area (Å²) in [7, 11) is 0. The van der Waals surface area contributed by atoms with Gasteiger partial charge in [-0.25, -0.2) is 0 Å². The van der Waals surface area contributed by atoms with Crippen LogP contribution in [0.4, 0.5) is 5.69 Å². The number of rotatable bonds is 4. The largest absolute Gasteiger partial charge is 0.484 e. The second kappa shape index (κ2) is 5.98. The molecule has 1 aliphatic rings. The van der Waals surface area contributed by atoms with E-state index < -0.39 is 18.0 Å². The summed E-state index contributed by atoms with van der Waals surface area (Å²) < 4.78 is 5.18. The quantitative estimate of drug-likeness (QED) is 0.742. The van der Waals surface area contributed by atoms with Gasteiger partial charge in [0.2, 0.25) is 0 Å². The number of nitrogens with two attached hydrogens (primary N) is 1. The van der Waals surface area contributed by atoms with Gasteiger partial charge in [0.25, 0.3) is 11.8 Å². The number of amides is 2. The van der Waals surface area contributed by atoms with Crippen LogP contribution in [0.1, 0.15) is 22.1 Å². The number of nitrogens with one attached hydrogen (secondary N) is 1. The number of ether oxygens (including phenoxy) is 1. The van der Waals surface area contributed by atoms with Gasteiger partial charge in [0.1, 0.15) is 5.75 Å². The molecule has 7 nitrogen and oxygen atoms in total. The molecular formula is C16H15N3O4. The molecule has 7 heteroatoms. The van der Waals surface area contributed by atoms with Crippen molar-refractivity contribution in [3.8, 4) is 5.75 Å². The van der Waals surface area contributed by atoms with Gasteiger partial charge >= 0.3 is 0 Å². The molecule has 2 amide bonds. The van der Waals surface area contributed by atoms with E-state index in [0.29, 0.717) is 27.6 Å². The molecule has 2 aromatic rings. The number of para-hydroxylation sites is 1. The molecule has 1 aliphatic heterocycles. The van der Waals surface area contributed by atoms with Crippen molar-refractivity contribution in [2.24, 2.45) is 5.73 Å². The molecule has 0 aliphatic carbocycles. The van der Waals surface area contributed by atoms with E-state index in [1.807, 2.05) is 6.07 Å². The lowest BCUT2D eigenvalue weighted by Crippen LogP contribution is -2.40. The highest BCUT2D eigenvalue weighted by molar-refractivity contribution is 6.00. The van der Waals surface area contributed by atoms with Crippen LogP contribution in [0, 0.1) is 0 Å². The second-order valence-electron chi connectivity index (χ2n) is 5.07. The summed E-state index contributed by atoms with van der Waals surface area (Å²) in [6, 6.07) is 13.6. The van der Waals surface area contributed by atoms with Crippen molar-refractivity contribution in [1.29, 1.82) is 0 Å². The predicted octanol–water partition coefficient (Wildman–Crippen LogP) is 1.51. The molecule has 4 N–H and O–H groups in total. The van der Waals surface area contributed by atoms with Crippen LogP contribution in [-0.4, -0.2) is 28.7 Å². The molecule has 0 saturated heterocycles. The highest BCUT2D eigenvalue weighted by Crippen LogP contribution is 2.32. The third kappa shape index (κ3) is 2.95. The Morgan fingerprint density at radius 2 is 1.91 bits per heavy atom. The lowest BCUT2D eigenvalue weighted by Gasteiger charge is -2.33. The van der Waals surface area contributed by atoms with Crippen LogP contribution in [-0.2, 0) is 4.79 Å². The molecule has 1 unspecified atom stereocenters. The first-order valence-corrected chi connectivity index (χ1v) is 6.95. The molecule has 3 rings (SSSR count). The molecule has 2 aromatic carbocycles. The van der Waals surface area contributed by atoms with Crippen LogP contribution in [0.5, 0.6) is 5.75 Å². The zero-order valence-electron chi connectivity index (χ0n) is 12.1. The van der Waals surface area contributed by atoms with Crippen molar-refractivity contribution in [2.75, 3.05) is 11.9 Å². The molecular weight excluding hydrogens is 298 g/mol. The minimum atomic E-state index is -0.706. The number of benzene rings is 2. The molecule has 0 saturated carbocycles. The fourth-order valence-electron chi connectivity index (χ4n) is 2.37. The average molecular weight is 313 g/mol. The molecule has 1 atom stereocenters. The van der Waals surface area contributed by atoms with E-state index in [2.05, 4.69) is 5.32 Å². The van der Waals surface area contributed by atoms with Crippen molar-refractivity contribution in [2.45, 2.75) is 6.17 Å². The van der Waals surface area contributed by atoms with E-state index in [0.717, 1.165) is 0 Å². The molecule has 0 fully saturated rings. The number of primary amides is 1. The molecule has 23 heavy (non-hydrogen) atoms. The van der Waals surface area contributed by atoms with Gasteiger partial charge in [-0.3, -0.25) is 14.8 Å². The van der Waals surface area contributed by atoms with E-state index >= 15 is 0 Å². The Morgan fingerprint density at radius 1 is 1.22 bits per heavy atom. The lowest BCUT2D eigenvalue weighted by atomic mass is 10.1. The first-order valence-electron chi connectivity index (χ1n) is 6.95. The smallest absolute Gasteiger partial charge is 0.281 e. The Bertz CT molecular complexity index is 745. The lowest BCUT2D eigenvalue weighted by molar-refractivity contribution is -0.119. The maximum absolute atomic E-state index is 12.2. The van der Waals surface area contributed by atoms with Crippen molar-refractivity contribution >= 4 is 17.5 Å². The van der Waals surface area contributed by atoms with Crippen molar-refractivity contribution in [3.63, 3.8) is 0 Å². The van der Waals surface area contributed by atoms with Gasteiger partial charge in [-0.05, 0) is 29.8 Å². The summed E-state index contributed by atoms with van der Waals surface area (Å²) in [4.78, 5) is 22.9. The average Bonchev–Trinajstić information content (AvgIpc) is 2.57. The standard InChI is InChI=1S/C16H15N3O4/c17-14(20)9-23-11-7-5-10(6-8-11)15-18-13-4-2-1-3-12(13)16(21)19(15)22/h1-8,15,18,22H,9H2,(H2,17,20). The Balaban J connectivity index is 1.82. The van der Waals surface area contributed by atoms with Crippen molar-refractivity contribution in [1.82, 2.24) is 5.06 Å². The number of nitrogens with zero attached hydrogens (tertiary/aromatic N) is 1. The van der Waals surface area contributed by atoms with Gasteiger partial charge in [-0.15, -0.1) is 0 Å². The Morgan fingerprint density at radius 3 is 2.61 bits per heavy atom. The third-order valence-electron chi connectivity index (χ3n) is 3.48. The number of carbonyl (C=O) groups is 2. The molecule has 118 valence electrons. The van der Waals surface area contributed by atoms with E-state index in [1.165, 1.54) is 0 Å². The topological polar surface area (TPSA) is 105 Å². The molecule has 1 heterocycles. The molecule has 0 aromatic heterocycles. The maximum Gasteiger partial charge on any atom is 0.281 e. The number of anilines is 1. The molecule has 0 radical (unpaired) electrons. The van der Waals surface area contributed by atoms with Crippen LogP contribution in [0.25, 0.3) is 0 Å². The van der Waals surface area contributed by atoms with E-state index in [-0.39, 0.29) is 6.61 Å². The third-order valence-corrected chi connectivity index (χ3v) is 3.48. The number of hydrogen-bond acceptors (Lipinski definition) is 5. The molecule has 0 bridgehead atoms. The summed E-state index contributed by atoms with van der Waals surface area (Å²) in [6.45, 7) is -0.209. The van der Waals surface area contributed by atoms with E-state index in [9.17, 15) is 14.8 Å². The first-order chi connectivity index (χ1) is 11.1. The van der Waals surface area contributed by atoms with Gasteiger partial charge in [0.15, 0.2) is 12.8 Å². The summed E-state index contributed by atoms with van der Waals surface area (Å²) in [6.07, 6.45) is -0.706. The summed E-state index contributed by atoms with van der Waals surface area (Å²) in [5, 5.41) is 13.9. The fraction of sp³-hybridized carbons (Fsp3) is 0.125. The zero-order valence-corrected chi connectivity index (χ0v) is 12.1. The Hall–Kier alpha value is -3.06. The van der Waals surface area contributed by atoms with E-state index in [4.69, 9.17) is 10.5 Å². The Labute approximate surface area is 132 Å². The van der Waals surface area contributed by atoms with Gasteiger partial charge in [-0.1, -0.05) is 24.3 Å². The van der Waals surface area contributed by atoms with Crippen molar-refractivity contribution < 1.29 is 19.5 Å². The van der Waals surface area contributed by atoms with Gasteiger partial charge in [0.05, 0.1) is 5.56 Å². The maximum atomic E-state index is 12.2. The zero-order chi connectivity index (χ0) is 16.4. The number of hydrogen-bond donors (Lipinski definition) is 3. The minimum absolute atomic E-state index is 0.209. The van der Waals surface area contributed by atoms with Crippen LogP contribution in [0.15, 0.2) is 48.5 Å².